The van der Waals surface area contributed by atoms with Crippen molar-refractivity contribution in [3.8, 4) is 0 Å². The van der Waals surface area contributed by atoms with Crippen LogP contribution in [0.2, 0.25) is 0 Å². The van der Waals surface area contributed by atoms with Crippen LogP contribution in [0, 0.1) is 0 Å². The van der Waals surface area contributed by atoms with Crippen LogP contribution in [0.5, 0.6) is 0 Å². The summed E-state index contributed by atoms with van der Waals surface area (Å²) in [6.07, 6.45) is 3.17. The van der Waals surface area contributed by atoms with Crippen LogP contribution in [0.1, 0.15) is 55.9 Å². The summed E-state index contributed by atoms with van der Waals surface area (Å²) < 4.78 is 5.56. The Morgan fingerprint density at radius 1 is 1.07 bits per heavy atom. The van der Waals surface area contributed by atoms with Crippen LogP contribution in [-0.2, 0) is 11.3 Å². The molecule has 0 aromatic heterocycles. The van der Waals surface area contributed by atoms with Crippen molar-refractivity contribution >= 4 is 17.7 Å². The SMILES string of the molecule is O=C(NCCC1CCCO1)c1cccc(CN2C(=O)c3ccccc3C2=O)c1. The third-order valence-corrected chi connectivity index (χ3v) is 5.18. The lowest BCUT2D eigenvalue weighted by atomic mass is 10.1. The molecule has 0 saturated carbocycles. The molecule has 1 unspecified atom stereocenters. The highest BCUT2D eigenvalue weighted by Gasteiger charge is 2.34. The van der Waals surface area contributed by atoms with Gasteiger partial charge in [0.05, 0.1) is 23.8 Å². The van der Waals surface area contributed by atoms with Crippen molar-refractivity contribution in [3.63, 3.8) is 0 Å². The van der Waals surface area contributed by atoms with Gasteiger partial charge in [0.1, 0.15) is 0 Å². The summed E-state index contributed by atoms with van der Waals surface area (Å²) >= 11 is 0. The molecule has 0 bridgehead atoms. The number of carbonyl (C=O) groups is 3. The zero-order valence-electron chi connectivity index (χ0n) is 15.5. The standard InChI is InChI=1S/C22H22N2O4/c25-20(23-11-10-17-7-4-12-28-17)16-6-3-5-15(13-16)14-24-21(26)18-8-1-2-9-19(18)22(24)27/h1-3,5-6,8-9,13,17H,4,7,10-12,14H2,(H,23,25). The van der Waals surface area contributed by atoms with Crippen LogP contribution in [0.3, 0.4) is 0 Å². The van der Waals surface area contributed by atoms with E-state index in [1.807, 2.05) is 6.07 Å². The molecular formula is C22H22N2O4. The second-order valence-corrected chi connectivity index (χ2v) is 7.12. The quantitative estimate of drug-likeness (QED) is 0.785. The van der Waals surface area contributed by atoms with Gasteiger partial charge < -0.3 is 10.1 Å². The second kappa shape index (κ2) is 7.94. The van der Waals surface area contributed by atoms with E-state index in [9.17, 15) is 14.4 Å². The Morgan fingerprint density at radius 3 is 2.50 bits per heavy atom. The summed E-state index contributed by atoms with van der Waals surface area (Å²) in [5.74, 6) is -0.763. The maximum atomic E-state index is 12.5. The first-order valence-electron chi connectivity index (χ1n) is 9.57. The van der Waals surface area contributed by atoms with Gasteiger partial charge in [-0.15, -0.1) is 0 Å². The van der Waals surface area contributed by atoms with E-state index in [0.717, 1.165) is 31.4 Å². The highest BCUT2D eigenvalue weighted by atomic mass is 16.5. The van der Waals surface area contributed by atoms with Gasteiger partial charge in [0.2, 0.25) is 0 Å². The van der Waals surface area contributed by atoms with E-state index in [4.69, 9.17) is 4.74 Å². The van der Waals surface area contributed by atoms with E-state index in [1.165, 1.54) is 4.90 Å². The van der Waals surface area contributed by atoms with E-state index in [-0.39, 0.29) is 30.4 Å². The summed E-state index contributed by atoms with van der Waals surface area (Å²) in [5, 5.41) is 2.91. The Kier molecular flexibility index (Phi) is 5.21. The molecule has 1 fully saturated rings. The van der Waals surface area contributed by atoms with Gasteiger partial charge in [-0.25, -0.2) is 0 Å². The van der Waals surface area contributed by atoms with E-state index in [2.05, 4.69) is 5.32 Å². The van der Waals surface area contributed by atoms with E-state index >= 15 is 0 Å². The Labute approximate surface area is 163 Å². The number of ether oxygens (including phenoxy) is 1. The number of benzene rings is 2. The molecule has 0 spiro atoms. The number of amides is 3. The van der Waals surface area contributed by atoms with Crippen molar-refractivity contribution in [2.24, 2.45) is 0 Å². The summed E-state index contributed by atoms with van der Waals surface area (Å²) in [6, 6.07) is 13.8. The number of rotatable bonds is 6. The minimum absolute atomic E-state index is 0.142. The maximum absolute atomic E-state index is 12.5. The molecule has 0 aliphatic carbocycles. The van der Waals surface area contributed by atoms with Crippen LogP contribution in [-0.4, -0.2) is 41.9 Å². The van der Waals surface area contributed by atoms with Crippen LogP contribution in [0.15, 0.2) is 48.5 Å². The predicted molar refractivity (Wildman–Crippen MR) is 103 cm³/mol. The lowest BCUT2D eigenvalue weighted by molar-refractivity contribution is 0.0642. The molecule has 1 N–H and O–H groups in total. The molecule has 2 aromatic carbocycles. The Bertz CT molecular complexity index is 883. The van der Waals surface area contributed by atoms with Gasteiger partial charge in [-0.3, -0.25) is 19.3 Å². The molecule has 2 aliphatic heterocycles. The molecule has 2 aliphatic rings. The van der Waals surface area contributed by atoms with E-state index in [1.54, 1.807) is 42.5 Å². The summed E-state index contributed by atoms with van der Waals surface area (Å²) in [5.41, 5.74) is 2.11. The Hall–Kier alpha value is -2.99. The number of nitrogens with one attached hydrogen (secondary N) is 1. The average Bonchev–Trinajstić information content (AvgIpc) is 3.32. The average molecular weight is 378 g/mol. The molecular weight excluding hydrogens is 356 g/mol. The van der Waals surface area contributed by atoms with Crippen molar-refractivity contribution in [1.29, 1.82) is 0 Å². The topological polar surface area (TPSA) is 75.7 Å². The van der Waals surface area contributed by atoms with Gasteiger partial charge >= 0.3 is 0 Å². The number of hydrogen-bond acceptors (Lipinski definition) is 4. The molecule has 0 radical (unpaired) electrons. The highest BCUT2D eigenvalue weighted by Crippen LogP contribution is 2.24. The van der Waals surface area contributed by atoms with Crippen LogP contribution < -0.4 is 5.32 Å². The fraction of sp³-hybridized carbons (Fsp3) is 0.318. The normalized spacial score (nSPS) is 18.4. The Morgan fingerprint density at radius 2 is 1.82 bits per heavy atom. The molecule has 6 nitrogen and oxygen atoms in total. The minimum atomic E-state index is -0.299. The van der Waals surface area contributed by atoms with Gasteiger partial charge in [-0.2, -0.15) is 0 Å². The fourth-order valence-electron chi connectivity index (χ4n) is 3.70. The summed E-state index contributed by atoms with van der Waals surface area (Å²) in [7, 11) is 0. The van der Waals surface area contributed by atoms with Crippen molar-refractivity contribution in [1.82, 2.24) is 10.2 Å². The molecule has 28 heavy (non-hydrogen) atoms. The van der Waals surface area contributed by atoms with Gasteiger partial charge in [0.25, 0.3) is 17.7 Å². The second-order valence-electron chi connectivity index (χ2n) is 7.12. The number of nitrogens with zero attached hydrogens (tertiary/aromatic N) is 1. The summed E-state index contributed by atoms with van der Waals surface area (Å²) in [6.45, 7) is 1.51. The number of carbonyl (C=O) groups excluding carboxylic acids is 3. The van der Waals surface area contributed by atoms with Gasteiger partial charge in [-0.1, -0.05) is 24.3 Å². The largest absolute Gasteiger partial charge is 0.378 e. The zero-order valence-corrected chi connectivity index (χ0v) is 15.5. The molecule has 1 atom stereocenters. The van der Waals surface area contributed by atoms with Gasteiger partial charge in [0, 0.05) is 18.7 Å². The van der Waals surface area contributed by atoms with E-state index < -0.39 is 0 Å². The molecule has 4 rings (SSSR count). The number of imide groups is 1. The van der Waals surface area contributed by atoms with Crippen LogP contribution in [0.4, 0.5) is 0 Å². The minimum Gasteiger partial charge on any atom is -0.378 e. The molecule has 1 saturated heterocycles. The van der Waals surface area contributed by atoms with Gasteiger partial charge in [-0.05, 0) is 49.1 Å². The highest BCUT2D eigenvalue weighted by molar-refractivity contribution is 6.21. The lowest BCUT2D eigenvalue weighted by Gasteiger charge is -2.15. The number of fused-ring (bicyclic) bond motifs is 1. The molecule has 6 heteroatoms. The first kappa shape index (κ1) is 18.4. The summed E-state index contributed by atoms with van der Waals surface area (Å²) in [4.78, 5) is 38.7. The molecule has 2 heterocycles. The van der Waals surface area contributed by atoms with E-state index in [0.29, 0.717) is 23.2 Å². The zero-order chi connectivity index (χ0) is 19.5. The van der Waals surface area contributed by atoms with Gasteiger partial charge in [0.15, 0.2) is 0 Å². The molecule has 144 valence electrons. The molecule has 3 amide bonds. The first-order chi connectivity index (χ1) is 13.6. The van der Waals surface area contributed by atoms with Crippen molar-refractivity contribution in [2.75, 3.05) is 13.2 Å². The molecule has 2 aromatic rings. The third-order valence-electron chi connectivity index (χ3n) is 5.18. The lowest BCUT2D eigenvalue weighted by Crippen LogP contribution is -2.29. The van der Waals surface area contributed by atoms with Crippen molar-refractivity contribution in [2.45, 2.75) is 31.9 Å². The predicted octanol–water partition coefficient (Wildman–Crippen LogP) is 2.78. The maximum Gasteiger partial charge on any atom is 0.261 e. The third kappa shape index (κ3) is 3.68. The van der Waals surface area contributed by atoms with Crippen LogP contribution in [0.25, 0.3) is 0 Å². The monoisotopic (exact) mass is 378 g/mol. The van der Waals surface area contributed by atoms with Crippen LogP contribution >= 0.6 is 0 Å². The number of hydrogen-bond donors (Lipinski definition) is 1. The Balaban J connectivity index is 1.39. The van der Waals surface area contributed by atoms with Crippen molar-refractivity contribution < 1.29 is 19.1 Å². The van der Waals surface area contributed by atoms with Crippen molar-refractivity contribution in [3.05, 3.63) is 70.8 Å². The first-order valence-corrected chi connectivity index (χ1v) is 9.57. The smallest absolute Gasteiger partial charge is 0.261 e. The fourth-order valence-corrected chi connectivity index (χ4v) is 3.70.